The van der Waals surface area contributed by atoms with Gasteiger partial charge in [-0.05, 0) is 24.3 Å². The number of halogens is 2. The number of aromatic nitrogens is 2. The molecule has 6 heteroatoms. The molecule has 3 rings (SSSR count). The van der Waals surface area contributed by atoms with Crippen LogP contribution in [0.2, 0.25) is 5.15 Å². The Morgan fingerprint density at radius 1 is 1.25 bits per heavy atom. The SMILES string of the molecule is COCc1nc(Cl)cc(-c2cc3cc(F)ccc3o2)n1. The number of rotatable bonds is 3. The van der Waals surface area contributed by atoms with E-state index in [1.54, 1.807) is 25.3 Å². The molecule has 0 fully saturated rings. The van der Waals surface area contributed by atoms with Crippen molar-refractivity contribution in [2.45, 2.75) is 6.61 Å². The molecule has 0 aliphatic rings. The van der Waals surface area contributed by atoms with E-state index in [9.17, 15) is 4.39 Å². The van der Waals surface area contributed by atoms with E-state index < -0.39 is 0 Å². The lowest BCUT2D eigenvalue weighted by atomic mass is 10.2. The van der Waals surface area contributed by atoms with Crippen LogP contribution in [0.3, 0.4) is 0 Å². The van der Waals surface area contributed by atoms with Crippen molar-refractivity contribution in [2.24, 2.45) is 0 Å². The van der Waals surface area contributed by atoms with Gasteiger partial charge in [0.1, 0.15) is 28.9 Å². The summed E-state index contributed by atoms with van der Waals surface area (Å²) in [5.74, 6) is 0.652. The molecule has 0 bridgehead atoms. The maximum atomic E-state index is 13.2. The Labute approximate surface area is 119 Å². The topological polar surface area (TPSA) is 48.2 Å². The molecule has 0 spiro atoms. The van der Waals surface area contributed by atoms with Crippen LogP contribution in [-0.4, -0.2) is 17.1 Å². The zero-order valence-corrected chi connectivity index (χ0v) is 11.3. The lowest BCUT2D eigenvalue weighted by Gasteiger charge is -2.02. The average Bonchev–Trinajstić information content (AvgIpc) is 2.81. The van der Waals surface area contributed by atoms with Crippen LogP contribution >= 0.6 is 11.6 Å². The number of nitrogens with zero attached hydrogens (tertiary/aromatic N) is 2. The summed E-state index contributed by atoms with van der Waals surface area (Å²) in [7, 11) is 1.55. The van der Waals surface area contributed by atoms with Gasteiger partial charge < -0.3 is 9.15 Å². The first-order valence-electron chi connectivity index (χ1n) is 5.87. The molecule has 3 aromatic rings. The summed E-state index contributed by atoms with van der Waals surface area (Å²) in [5.41, 5.74) is 1.12. The predicted molar refractivity (Wildman–Crippen MR) is 72.9 cm³/mol. The summed E-state index contributed by atoms with van der Waals surface area (Å²) in [6.07, 6.45) is 0. The Balaban J connectivity index is 2.10. The maximum absolute atomic E-state index is 13.2. The molecule has 0 amide bonds. The van der Waals surface area contributed by atoms with E-state index in [-0.39, 0.29) is 12.4 Å². The van der Waals surface area contributed by atoms with Crippen LogP contribution in [0.25, 0.3) is 22.4 Å². The highest BCUT2D eigenvalue weighted by Gasteiger charge is 2.11. The standard InChI is InChI=1S/C14H10ClFN2O2/c1-19-7-14-17-10(6-13(15)18-14)12-5-8-4-9(16)2-3-11(8)20-12/h2-6H,7H2,1H3. The fraction of sp³-hybridized carbons (Fsp3) is 0.143. The third-order valence-electron chi connectivity index (χ3n) is 2.75. The summed E-state index contributed by atoms with van der Waals surface area (Å²) in [6.45, 7) is 0.252. The molecule has 0 unspecified atom stereocenters. The van der Waals surface area contributed by atoms with Gasteiger partial charge in [0.15, 0.2) is 11.6 Å². The number of fused-ring (bicyclic) bond motifs is 1. The quantitative estimate of drug-likeness (QED) is 0.688. The smallest absolute Gasteiger partial charge is 0.156 e. The van der Waals surface area contributed by atoms with E-state index in [4.69, 9.17) is 20.8 Å². The van der Waals surface area contributed by atoms with Crippen LogP contribution in [0.1, 0.15) is 5.82 Å². The minimum Gasteiger partial charge on any atom is -0.454 e. The van der Waals surface area contributed by atoms with Crippen molar-refractivity contribution in [1.29, 1.82) is 0 Å². The number of benzene rings is 1. The molecule has 0 aliphatic carbocycles. The Hall–Kier alpha value is -1.98. The van der Waals surface area contributed by atoms with E-state index in [0.717, 1.165) is 0 Å². The first-order valence-corrected chi connectivity index (χ1v) is 6.25. The van der Waals surface area contributed by atoms with Gasteiger partial charge >= 0.3 is 0 Å². The summed E-state index contributed by atoms with van der Waals surface area (Å²) in [4.78, 5) is 8.35. The van der Waals surface area contributed by atoms with Crippen molar-refractivity contribution < 1.29 is 13.5 Å². The predicted octanol–water partition coefficient (Wildman–Crippen LogP) is 3.83. The third kappa shape index (κ3) is 2.50. The molecule has 0 aliphatic heterocycles. The van der Waals surface area contributed by atoms with Crippen LogP contribution in [-0.2, 0) is 11.3 Å². The highest BCUT2D eigenvalue weighted by atomic mass is 35.5. The molecule has 0 saturated carbocycles. The van der Waals surface area contributed by atoms with Crippen molar-refractivity contribution in [2.75, 3.05) is 7.11 Å². The van der Waals surface area contributed by atoms with Gasteiger partial charge in [-0.3, -0.25) is 0 Å². The first kappa shape index (κ1) is 13.0. The molecule has 4 nitrogen and oxygen atoms in total. The number of hydrogen-bond acceptors (Lipinski definition) is 4. The lowest BCUT2D eigenvalue weighted by molar-refractivity contribution is 0.178. The van der Waals surface area contributed by atoms with Crippen molar-refractivity contribution in [3.05, 3.63) is 47.1 Å². The Morgan fingerprint density at radius 2 is 2.10 bits per heavy atom. The Kier molecular flexibility index (Phi) is 3.38. The fourth-order valence-electron chi connectivity index (χ4n) is 1.93. The molecule has 102 valence electrons. The summed E-state index contributed by atoms with van der Waals surface area (Å²) < 4.78 is 23.8. The molecule has 1 aromatic carbocycles. The second-order valence-electron chi connectivity index (χ2n) is 4.22. The highest BCUT2D eigenvalue weighted by Crippen LogP contribution is 2.28. The lowest BCUT2D eigenvalue weighted by Crippen LogP contribution is -1.98. The van der Waals surface area contributed by atoms with E-state index in [1.165, 1.54) is 12.1 Å². The molecular formula is C14H10ClFN2O2. The van der Waals surface area contributed by atoms with Gasteiger partial charge in [-0.2, -0.15) is 0 Å². The van der Waals surface area contributed by atoms with Gasteiger partial charge in [-0.25, -0.2) is 14.4 Å². The second kappa shape index (κ2) is 5.19. The number of furan rings is 1. The van der Waals surface area contributed by atoms with Gasteiger partial charge in [0.25, 0.3) is 0 Å². The van der Waals surface area contributed by atoms with Crippen LogP contribution in [0.5, 0.6) is 0 Å². The average molecular weight is 293 g/mol. The van der Waals surface area contributed by atoms with E-state index in [2.05, 4.69) is 9.97 Å². The third-order valence-corrected chi connectivity index (χ3v) is 2.94. The van der Waals surface area contributed by atoms with Crippen LogP contribution in [0.4, 0.5) is 4.39 Å². The zero-order valence-electron chi connectivity index (χ0n) is 10.6. The molecular weight excluding hydrogens is 283 g/mol. The summed E-state index contributed by atoms with van der Waals surface area (Å²) >= 11 is 5.95. The zero-order chi connectivity index (χ0) is 14.1. The monoisotopic (exact) mass is 292 g/mol. The molecule has 20 heavy (non-hydrogen) atoms. The normalized spacial score (nSPS) is 11.2. The van der Waals surface area contributed by atoms with Gasteiger partial charge in [0.05, 0.1) is 0 Å². The molecule has 0 atom stereocenters. The largest absolute Gasteiger partial charge is 0.454 e. The molecule has 0 radical (unpaired) electrons. The summed E-state index contributed by atoms with van der Waals surface area (Å²) in [6, 6.07) is 7.63. The maximum Gasteiger partial charge on any atom is 0.156 e. The second-order valence-corrected chi connectivity index (χ2v) is 4.61. The molecule has 0 saturated heterocycles. The minimum absolute atomic E-state index is 0.252. The number of hydrogen-bond donors (Lipinski definition) is 0. The van der Waals surface area contributed by atoms with Gasteiger partial charge in [0.2, 0.25) is 0 Å². The van der Waals surface area contributed by atoms with Gasteiger partial charge in [-0.1, -0.05) is 11.6 Å². The Bertz CT molecular complexity index is 773. The van der Waals surface area contributed by atoms with Crippen molar-refractivity contribution in [1.82, 2.24) is 9.97 Å². The van der Waals surface area contributed by atoms with Crippen molar-refractivity contribution >= 4 is 22.6 Å². The first-order chi connectivity index (χ1) is 9.65. The molecule has 0 N–H and O–H groups in total. The number of methoxy groups -OCH3 is 1. The van der Waals surface area contributed by atoms with Crippen molar-refractivity contribution in [3.8, 4) is 11.5 Å². The van der Waals surface area contributed by atoms with Gasteiger partial charge in [0, 0.05) is 18.6 Å². The molecule has 2 aromatic heterocycles. The van der Waals surface area contributed by atoms with Crippen molar-refractivity contribution in [3.63, 3.8) is 0 Å². The minimum atomic E-state index is -0.314. The van der Waals surface area contributed by atoms with Crippen LogP contribution in [0.15, 0.2) is 34.7 Å². The number of ether oxygens (including phenoxy) is 1. The fourth-order valence-corrected chi connectivity index (χ4v) is 2.13. The van der Waals surface area contributed by atoms with E-state index >= 15 is 0 Å². The van der Waals surface area contributed by atoms with Crippen LogP contribution in [0, 0.1) is 5.82 Å². The van der Waals surface area contributed by atoms with E-state index in [1.807, 2.05) is 0 Å². The van der Waals surface area contributed by atoms with Gasteiger partial charge in [-0.15, -0.1) is 0 Å². The highest BCUT2D eigenvalue weighted by molar-refractivity contribution is 6.29. The Morgan fingerprint density at radius 3 is 2.90 bits per heavy atom. The molecule has 2 heterocycles. The van der Waals surface area contributed by atoms with Crippen LogP contribution < -0.4 is 0 Å². The summed E-state index contributed by atoms with van der Waals surface area (Å²) in [5, 5.41) is 0.969. The van der Waals surface area contributed by atoms with E-state index in [0.29, 0.717) is 33.4 Å².